The van der Waals surface area contributed by atoms with Crippen LogP contribution in [-0.2, 0) is 20.0 Å². The monoisotopic (exact) mass is 547 g/mol. The minimum absolute atomic E-state index is 0.00247. The zero-order chi connectivity index (χ0) is 25.9. The maximum absolute atomic E-state index is 13.0. The minimum Gasteiger partial charge on any atom is -0.322 e. The van der Waals surface area contributed by atoms with Crippen LogP contribution >= 0.6 is 11.6 Å². The quantitative estimate of drug-likeness (QED) is 0.438. The van der Waals surface area contributed by atoms with E-state index in [9.17, 15) is 21.6 Å². The van der Waals surface area contributed by atoms with Crippen LogP contribution in [0.15, 0.2) is 76.5 Å². The third kappa shape index (κ3) is 5.73. The fourth-order valence-electron chi connectivity index (χ4n) is 3.90. The molecule has 1 saturated heterocycles. The van der Waals surface area contributed by atoms with Gasteiger partial charge in [-0.1, -0.05) is 36.2 Å². The van der Waals surface area contributed by atoms with Gasteiger partial charge in [0.25, 0.3) is 15.9 Å². The number of nitrogens with zero attached hydrogens (tertiary/aromatic N) is 1. The van der Waals surface area contributed by atoms with E-state index in [2.05, 4.69) is 10.0 Å². The fourth-order valence-corrected chi connectivity index (χ4v) is 6.78. The average Bonchev–Trinajstić information content (AvgIpc) is 2.86. The summed E-state index contributed by atoms with van der Waals surface area (Å²) in [6, 6.07) is 16.7. The van der Waals surface area contributed by atoms with Crippen LogP contribution in [-0.4, -0.2) is 40.1 Å². The lowest BCUT2D eigenvalue weighted by Crippen LogP contribution is -2.35. The zero-order valence-corrected chi connectivity index (χ0v) is 22.0. The Kier molecular flexibility index (Phi) is 7.70. The molecule has 1 aliphatic heterocycles. The summed E-state index contributed by atoms with van der Waals surface area (Å²) in [5.41, 5.74) is 1.60. The molecule has 1 aliphatic rings. The molecular weight excluding hydrogens is 522 g/mol. The first-order valence-corrected chi connectivity index (χ1v) is 14.7. The van der Waals surface area contributed by atoms with E-state index in [1.165, 1.54) is 46.8 Å². The molecule has 190 valence electrons. The van der Waals surface area contributed by atoms with Crippen molar-refractivity contribution < 1.29 is 21.6 Å². The maximum atomic E-state index is 13.0. The molecule has 11 heteroatoms. The molecule has 0 radical (unpaired) electrons. The van der Waals surface area contributed by atoms with E-state index < -0.39 is 26.0 Å². The van der Waals surface area contributed by atoms with Crippen LogP contribution in [0.25, 0.3) is 0 Å². The van der Waals surface area contributed by atoms with Gasteiger partial charge < -0.3 is 5.32 Å². The van der Waals surface area contributed by atoms with Crippen molar-refractivity contribution in [2.24, 2.45) is 0 Å². The van der Waals surface area contributed by atoms with Crippen molar-refractivity contribution in [1.29, 1.82) is 0 Å². The Morgan fingerprint density at radius 2 is 1.50 bits per heavy atom. The fraction of sp³-hybridized carbons (Fsp3) is 0.240. The molecule has 8 nitrogen and oxygen atoms in total. The van der Waals surface area contributed by atoms with E-state index >= 15 is 0 Å². The summed E-state index contributed by atoms with van der Waals surface area (Å²) in [6.45, 7) is 2.69. The van der Waals surface area contributed by atoms with Gasteiger partial charge >= 0.3 is 0 Å². The zero-order valence-electron chi connectivity index (χ0n) is 19.6. The molecule has 0 aromatic heterocycles. The van der Waals surface area contributed by atoms with E-state index in [-0.39, 0.29) is 20.4 Å². The molecule has 3 aromatic rings. The van der Waals surface area contributed by atoms with Gasteiger partial charge in [-0.15, -0.1) is 0 Å². The summed E-state index contributed by atoms with van der Waals surface area (Å²) >= 11 is 6.21. The largest absolute Gasteiger partial charge is 0.322 e. The van der Waals surface area contributed by atoms with Gasteiger partial charge in [-0.2, -0.15) is 4.31 Å². The van der Waals surface area contributed by atoms with Crippen molar-refractivity contribution in [3.05, 3.63) is 82.9 Å². The van der Waals surface area contributed by atoms with Gasteiger partial charge in [-0.05, 0) is 73.9 Å². The number of sulfonamides is 2. The number of anilines is 2. The maximum Gasteiger partial charge on any atom is 0.261 e. The second-order valence-electron chi connectivity index (χ2n) is 8.51. The SMILES string of the molecule is Cc1ccccc1NS(=O)(=O)c1ccc(NC(=O)c2cc(S(=O)(=O)N3CCCCC3)ccc2Cl)cc1. The first kappa shape index (κ1) is 26.2. The summed E-state index contributed by atoms with van der Waals surface area (Å²) in [4.78, 5) is 12.9. The van der Waals surface area contributed by atoms with Crippen molar-refractivity contribution in [3.8, 4) is 0 Å². The standard InChI is InChI=1S/C25H26ClN3O5S2/c1-18-7-3-4-8-24(18)28-35(31,32)20-11-9-19(10-12-20)27-25(30)22-17-21(13-14-23(22)26)36(33,34)29-15-5-2-6-16-29/h3-4,7-14,17,28H,2,5-6,15-16H2,1H3,(H,27,30). The lowest BCUT2D eigenvalue weighted by atomic mass is 10.2. The van der Waals surface area contributed by atoms with Crippen LogP contribution in [0, 0.1) is 6.92 Å². The number of hydrogen-bond acceptors (Lipinski definition) is 5. The Morgan fingerprint density at radius 3 is 2.17 bits per heavy atom. The Morgan fingerprint density at radius 1 is 0.861 bits per heavy atom. The van der Waals surface area contributed by atoms with E-state index in [4.69, 9.17) is 11.6 Å². The number of aryl methyl sites for hydroxylation is 1. The summed E-state index contributed by atoms with van der Waals surface area (Å²) in [5, 5.41) is 2.75. The van der Waals surface area contributed by atoms with E-state index in [0.29, 0.717) is 24.5 Å². The molecule has 1 amide bonds. The predicted molar refractivity (Wildman–Crippen MR) is 140 cm³/mol. The van der Waals surface area contributed by atoms with Gasteiger partial charge in [-0.3, -0.25) is 9.52 Å². The van der Waals surface area contributed by atoms with Crippen molar-refractivity contribution in [2.75, 3.05) is 23.1 Å². The average molecular weight is 548 g/mol. The molecule has 36 heavy (non-hydrogen) atoms. The third-order valence-electron chi connectivity index (χ3n) is 5.95. The molecule has 3 aromatic carbocycles. The van der Waals surface area contributed by atoms with Gasteiger partial charge in [-0.25, -0.2) is 16.8 Å². The first-order valence-electron chi connectivity index (χ1n) is 11.4. The van der Waals surface area contributed by atoms with Crippen molar-refractivity contribution in [2.45, 2.75) is 36.0 Å². The lowest BCUT2D eigenvalue weighted by molar-refractivity contribution is 0.102. The molecule has 1 fully saturated rings. The molecular formula is C25H26ClN3O5S2. The van der Waals surface area contributed by atoms with Crippen molar-refractivity contribution in [3.63, 3.8) is 0 Å². The minimum atomic E-state index is -3.83. The van der Waals surface area contributed by atoms with Crippen LogP contribution in [0.4, 0.5) is 11.4 Å². The molecule has 0 bridgehead atoms. The highest BCUT2D eigenvalue weighted by Crippen LogP contribution is 2.26. The summed E-state index contributed by atoms with van der Waals surface area (Å²) in [6.07, 6.45) is 2.58. The molecule has 4 rings (SSSR count). The number of piperidine rings is 1. The van der Waals surface area contributed by atoms with Crippen LogP contribution in [0.5, 0.6) is 0 Å². The first-order chi connectivity index (χ1) is 17.1. The number of carbonyl (C=O) groups excluding carboxylic acids is 1. The number of rotatable bonds is 7. The molecule has 2 N–H and O–H groups in total. The topological polar surface area (TPSA) is 113 Å². The number of amides is 1. The number of para-hydroxylation sites is 1. The van der Waals surface area contributed by atoms with Gasteiger partial charge in [0.2, 0.25) is 10.0 Å². The summed E-state index contributed by atoms with van der Waals surface area (Å²) < 4.78 is 55.5. The second kappa shape index (κ2) is 10.6. The van der Waals surface area contributed by atoms with Crippen LogP contribution in [0.1, 0.15) is 35.2 Å². The van der Waals surface area contributed by atoms with Crippen molar-refractivity contribution >= 4 is 48.9 Å². The normalized spacial score (nSPS) is 14.8. The van der Waals surface area contributed by atoms with Crippen LogP contribution in [0.2, 0.25) is 5.02 Å². The Bertz CT molecular complexity index is 1480. The van der Waals surface area contributed by atoms with Crippen molar-refractivity contribution in [1.82, 2.24) is 4.31 Å². The van der Waals surface area contributed by atoms with Gasteiger partial charge in [0.15, 0.2) is 0 Å². The number of benzene rings is 3. The molecule has 0 unspecified atom stereocenters. The van der Waals surface area contributed by atoms with E-state index in [1.807, 2.05) is 6.07 Å². The Labute approximate surface area is 216 Å². The summed E-state index contributed by atoms with van der Waals surface area (Å²) in [7, 11) is -7.57. The lowest BCUT2D eigenvalue weighted by Gasteiger charge is -2.26. The number of hydrogen-bond donors (Lipinski definition) is 2. The number of carbonyl (C=O) groups is 1. The van der Waals surface area contributed by atoms with E-state index in [0.717, 1.165) is 24.8 Å². The van der Waals surface area contributed by atoms with Gasteiger partial charge in [0, 0.05) is 18.8 Å². The smallest absolute Gasteiger partial charge is 0.261 e. The highest BCUT2D eigenvalue weighted by atomic mass is 35.5. The highest BCUT2D eigenvalue weighted by molar-refractivity contribution is 7.92. The van der Waals surface area contributed by atoms with Crippen LogP contribution in [0.3, 0.4) is 0 Å². The molecule has 1 heterocycles. The van der Waals surface area contributed by atoms with Gasteiger partial charge in [0.1, 0.15) is 0 Å². The second-order valence-corrected chi connectivity index (χ2v) is 12.5. The predicted octanol–water partition coefficient (Wildman–Crippen LogP) is 4.88. The Balaban J connectivity index is 1.51. The van der Waals surface area contributed by atoms with Crippen LogP contribution < -0.4 is 10.0 Å². The number of halogens is 1. The molecule has 0 spiro atoms. The molecule has 0 saturated carbocycles. The highest BCUT2D eigenvalue weighted by Gasteiger charge is 2.27. The Hall–Kier alpha value is -2.92. The van der Waals surface area contributed by atoms with E-state index in [1.54, 1.807) is 25.1 Å². The summed E-state index contributed by atoms with van der Waals surface area (Å²) in [5.74, 6) is -0.607. The third-order valence-corrected chi connectivity index (χ3v) is 9.55. The molecule has 0 atom stereocenters. The molecule has 0 aliphatic carbocycles. The number of nitrogens with one attached hydrogen (secondary N) is 2. The van der Waals surface area contributed by atoms with Gasteiger partial charge in [0.05, 0.1) is 26.1 Å².